The van der Waals surface area contributed by atoms with Crippen molar-refractivity contribution in [2.75, 3.05) is 7.11 Å². The van der Waals surface area contributed by atoms with Crippen molar-refractivity contribution < 1.29 is 14.6 Å². The number of aliphatic imine (C=N–C) groups is 1. The summed E-state index contributed by atoms with van der Waals surface area (Å²) >= 11 is 0. The number of nitrogens with zero attached hydrogens (tertiary/aromatic N) is 1. The van der Waals surface area contributed by atoms with Crippen LogP contribution in [0.5, 0.6) is 11.5 Å². The molecule has 0 aliphatic heterocycles. The number of hydrogen-bond acceptors (Lipinski definition) is 4. The Morgan fingerprint density at radius 1 is 1.50 bits per heavy atom. The van der Waals surface area contributed by atoms with E-state index in [0.29, 0.717) is 5.75 Å². The molecule has 1 N–H and O–H groups in total. The van der Waals surface area contributed by atoms with Crippen molar-refractivity contribution in [2.45, 2.75) is 25.3 Å². The highest BCUT2D eigenvalue weighted by molar-refractivity contribution is 5.52. The van der Waals surface area contributed by atoms with Crippen LogP contribution in [0.2, 0.25) is 0 Å². The second-order valence-corrected chi connectivity index (χ2v) is 4.07. The molecule has 0 atom stereocenters. The number of hydrogen-bond donors (Lipinski definition) is 1. The van der Waals surface area contributed by atoms with Gasteiger partial charge in [-0.1, -0.05) is 0 Å². The Bertz CT molecular complexity index is 471. The molecule has 1 aliphatic rings. The van der Waals surface area contributed by atoms with E-state index in [1.165, 1.54) is 0 Å². The lowest BCUT2D eigenvalue weighted by molar-refractivity contribution is 0.400. The van der Waals surface area contributed by atoms with Crippen molar-refractivity contribution in [1.29, 1.82) is 0 Å². The van der Waals surface area contributed by atoms with Crippen LogP contribution in [0.15, 0.2) is 17.1 Å². The number of phenols is 1. The molecule has 0 spiro atoms. The molecule has 16 heavy (non-hydrogen) atoms. The maximum absolute atomic E-state index is 10.4. The average Bonchev–Trinajstić information content (AvgIpc) is 3.03. The number of rotatable bonds is 3. The van der Waals surface area contributed by atoms with E-state index in [0.717, 1.165) is 24.0 Å². The minimum Gasteiger partial charge on any atom is -0.508 e. The van der Waals surface area contributed by atoms with Crippen LogP contribution in [0.4, 0.5) is 0 Å². The van der Waals surface area contributed by atoms with Gasteiger partial charge in [0.25, 0.3) is 0 Å². The summed E-state index contributed by atoms with van der Waals surface area (Å²) in [5, 5.41) is 9.68. The van der Waals surface area contributed by atoms with E-state index in [9.17, 15) is 9.90 Å². The minimum atomic E-state index is -0.516. The summed E-state index contributed by atoms with van der Waals surface area (Å²) in [6, 6.07) is 3.38. The van der Waals surface area contributed by atoms with Gasteiger partial charge in [-0.2, -0.15) is 4.99 Å². The summed E-state index contributed by atoms with van der Waals surface area (Å²) in [5.41, 5.74) is 0.992. The Morgan fingerprint density at radius 3 is 2.69 bits per heavy atom. The van der Waals surface area contributed by atoms with E-state index in [-0.39, 0.29) is 5.75 Å². The first kappa shape index (κ1) is 10.7. The molecule has 0 unspecified atom stereocenters. The molecule has 0 amide bonds. The molecule has 0 aromatic heterocycles. The van der Waals surface area contributed by atoms with Crippen LogP contribution in [-0.4, -0.2) is 18.3 Å². The van der Waals surface area contributed by atoms with Gasteiger partial charge in [0, 0.05) is 5.56 Å². The summed E-state index contributed by atoms with van der Waals surface area (Å²) in [5.74, 6) is 0.856. The molecule has 1 fully saturated rings. The van der Waals surface area contributed by atoms with Gasteiger partial charge in [-0.25, -0.2) is 4.79 Å². The molecule has 1 aromatic carbocycles. The third-order valence-corrected chi connectivity index (χ3v) is 3.00. The largest absolute Gasteiger partial charge is 0.508 e. The molecule has 2 rings (SSSR count). The zero-order valence-corrected chi connectivity index (χ0v) is 9.28. The quantitative estimate of drug-likeness (QED) is 0.625. The highest BCUT2D eigenvalue weighted by atomic mass is 16.5. The summed E-state index contributed by atoms with van der Waals surface area (Å²) in [6.45, 7) is 1.80. The predicted octanol–water partition coefficient (Wildman–Crippen LogP) is 2.03. The first-order valence-corrected chi connectivity index (χ1v) is 5.10. The van der Waals surface area contributed by atoms with Gasteiger partial charge in [-0.15, -0.1) is 0 Å². The number of methoxy groups -OCH3 is 1. The van der Waals surface area contributed by atoms with Gasteiger partial charge in [0.15, 0.2) is 0 Å². The first-order valence-electron chi connectivity index (χ1n) is 5.10. The Kier molecular flexibility index (Phi) is 2.44. The Morgan fingerprint density at radius 2 is 2.19 bits per heavy atom. The number of isocyanates is 1. The molecule has 1 aliphatic carbocycles. The van der Waals surface area contributed by atoms with Crippen LogP contribution in [0.25, 0.3) is 0 Å². The van der Waals surface area contributed by atoms with Crippen molar-refractivity contribution in [3.63, 3.8) is 0 Å². The van der Waals surface area contributed by atoms with E-state index < -0.39 is 5.54 Å². The van der Waals surface area contributed by atoms with E-state index in [2.05, 4.69) is 4.99 Å². The van der Waals surface area contributed by atoms with E-state index >= 15 is 0 Å². The Hall–Kier alpha value is -1.80. The van der Waals surface area contributed by atoms with Crippen molar-refractivity contribution in [3.05, 3.63) is 23.3 Å². The molecule has 0 saturated heterocycles. The lowest BCUT2D eigenvalue weighted by atomic mass is 10.0. The van der Waals surface area contributed by atoms with Gasteiger partial charge in [-0.3, -0.25) is 0 Å². The Balaban J connectivity index is 2.55. The number of aromatic hydroxyl groups is 1. The third-order valence-electron chi connectivity index (χ3n) is 3.00. The molecule has 84 valence electrons. The van der Waals surface area contributed by atoms with Crippen molar-refractivity contribution in [3.8, 4) is 11.5 Å². The molecule has 4 nitrogen and oxygen atoms in total. The highest BCUT2D eigenvalue weighted by Crippen LogP contribution is 2.53. The van der Waals surface area contributed by atoms with Gasteiger partial charge in [-0.05, 0) is 37.5 Å². The fraction of sp³-hybridized carbons (Fsp3) is 0.417. The number of benzene rings is 1. The zero-order chi connectivity index (χ0) is 11.8. The standard InChI is InChI=1S/C12H13NO3/c1-8-5-11(16-2)9(6-10(8)15)12(3-4-12)13-7-14/h5-6,15H,3-4H2,1-2H3. The highest BCUT2D eigenvalue weighted by Gasteiger charge is 2.47. The summed E-state index contributed by atoms with van der Waals surface area (Å²) in [6.07, 6.45) is 3.18. The fourth-order valence-corrected chi connectivity index (χ4v) is 1.85. The van der Waals surface area contributed by atoms with Gasteiger partial charge in [0.1, 0.15) is 17.0 Å². The van der Waals surface area contributed by atoms with E-state index in [1.807, 2.05) is 0 Å². The smallest absolute Gasteiger partial charge is 0.235 e. The van der Waals surface area contributed by atoms with Gasteiger partial charge < -0.3 is 9.84 Å². The normalized spacial score (nSPS) is 16.4. The Labute approximate surface area is 93.6 Å². The second-order valence-electron chi connectivity index (χ2n) is 4.07. The average molecular weight is 219 g/mol. The number of aryl methyl sites for hydroxylation is 1. The van der Waals surface area contributed by atoms with Gasteiger partial charge in [0.05, 0.1) is 7.11 Å². The van der Waals surface area contributed by atoms with Crippen molar-refractivity contribution >= 4 is 6.08 Å². The van der Waals surface area contributed by atoms with Crippen LogP contribution in [0.1, 0.15) is 24.0 Å². The third kappa shape index (κ3) is 1.57. The SMILES string of the molecule is COc1cc(C)c(O)cc1C1(N=C=O)CC1. The van der Waals surface area contributed by atoms with Gasteiger partial charge in [0.2, 0.25) is 6.08 Å². The number of carbonyl (C=O) groups excluding carboxylic acids is 1. The molecular formula is C12H13NO3. The van der Waals surface area contributed by atoms with E-state index in [1.54, 1.807) is 32.2 Å². The lowest BCUT2D eigenvalue weighted by Crippen LogP contribution is -2.05. The molecule has 0 radical (unpaired) electrons. The summed E-state index contributed by atoms with van der Waals surface area (Å²) < 4.78 is 5.25. The van der Waals surface area contributed by atoms with Crippen LogP contribution < -0.4 is 4.74 Å². The van der Waals surface area contributed by atoms with E-state index in [4.69, 9.17) is 4.74 Å². The lowest BCUT2D eigenvalue weighted by Gasteiger charge is -2.15. The molecular weight excluding hydrogens is 206 g/mol. The maximum Gasteiger partial charge on any atom is 0.235 e. The summed E-state index contributed by atoms with van der Waals surface area (Å²) in [4.78, 5) is 14.2. The van der Waals surface area contributed by atoms with Crippen LogP contribution >= 0.6 is 0 Å². The molecule has 0 bridgehead atoms. The molecule has 4 heteroatoms. The van der Waals surface area contributed by atoms with Crippen LogP contribution in [0.3, 0.4) is 0 Å². The predicted molar refractivity (Wildman–Crippen MR) is 58.4 cm³/mol. The van der Waals surface area contributed by atoms with Crippen LogP contribution in [-0.2, 0) is 10.3 Å². The number of phenolic OH excluding ortho intramolecular Hbond substituents is 1. The zero-order valence-electron chi connectivity index (χ0n) is 9.28. The fourth-order valence-electron chi connectivity index (χ4n) is 1.85. The second kappa shape index (κ2) is 3.65. The van der Waals surface area contributed by atoms with Crippen molar-refractivity contribution in [2.24, 2.45) is 4.99 Å². The van der Waals surface area contributed by atoms with Crippen LogP contribution in [0, 0.1) is 6.92 Å². The van der Waals surface area contributed by atoms with Crippen molar-refractivity contribution in [1.82, 2.24) is 0 Å². The molecule has 0 heterocycles. The minimum absolute atomic E-state index is 0.197. The monoisotopic (exact) mass is 219 g/mol. The molecule has 1 saturated carbocycles. The summed E-state index contributed by atoms with van der Waals surface area (Å²) in [7, 11) is 1.57. The topological polar surface area (TPSA) is 58.9 Å². The number of ether oxygens (including phenoxy) is 1. The molecule has 1 aromatic rings. The van der Waals surface area contributed by atoms with Gasteiger partial charge >= 0.3 is 0 Å². The first-order chi connectivity index (χ1) is 7.63. The maximum atomic E-state index is 10.4.